The van der Waals surface area contributed by atoms with Crippen molar-refractivity contribution < 1.29 is 0 Å². The Kier molecular flexibility index (Phi) is 4.48. The van der Waals surface area contributed by atoms with Gasteiger partial charge in [0.25, 0.3) is 0 Å². The normalized spacial score (nSPS) is 34.8. The van der Waals surface area contributed by atoms with E-state index in [1.165, 1.54) is 58.2 Å². The van der Waals surface area contributed by atoms with Gasteiger partial charge < -0.3 is 10.2 Å². The van der Waals surface area contributed by atoms with Crippen LogP contribution in [0.2, 0.25) is 0 Å². The molecule has 2 nitrogen and oxygen atoms in total. The summed E-state index contributed by atoms with van der Waals surface area (Å²) in [7, 11) is 2.14. The number of hydrogen-bond acceptors (Lipinski definition) is 2. The van der Waals surface area contributed by atoms with Crippen LogP contribution < -0.4 is 5.32 Å². The van der Waals surface area contributed by atoms with Crippen molar-refractivity contribution in [3.8, 4) is 0 Å². The van der Waals surface area contributed by atoms with Crippen molar-refractivity contribution in [1.82, 2.24) is 10.2 Å². The molecule has 0 aromatic rings. The summed E-state index contributed by atoms with van der Waals surface area (Å²) in [6.45, 7) is 8.81. The Balaban J connectivity index is 1.80. The molecule has 1 saturated heterocycles. The maximum absolute atomic E-state index is 3.53. The third-order valence-electron chi connectivity index (χ3n) is 4.98. The summed E-state index contributed by atoms with van der Waals surface area (Å²) in [5.41, 5.74) is 0.589. The Morgan fingerprint density at radius 2 is 1.76 bits per heavy atom. The Morgan fingerprint density at radius 3 is 2.41 bits per heavy atom. The molecular formula is C15H30N2. The average Bonchev–Trinajstić information content (AvgIpc) is 2.32. The van der Waals surface area contributed by atoms with Gasteiger partial charge >= 0.3 is 0 Å². The lowest BCUT2D eigenvalue weighted by Crippen LogP contribution is -2.46. The molecule has 2 fully saturated rings. The quantitative estimate of drug-likeness (QED) is 0.813. The molecule has 0 spiro atoms. The molecule has 1 saturated carbocycles. The second-order valence-electron chi connectivity index (χ2n) is 6.90. The van der Waals surface area contributed by atoms with E-state index in [4.69, 9.17) is 0 Å². The fourth-order valence-corrected chi connectivity index (χ4v) is 3.48. The first-order chi connectivity index (χ1) is 8.11. The topological polar surface area (TPSA) is 15.3 Å². The average molecular weight is 238 g/mol. The standard InChI is InChI=1S/C15H30N2/c1-15(2)8-10-17(11-9-15)12-13-6-4-5-7-14(13)16-3/h13-14,16H,4-12H2,1-3H3. The van der Waals surface area contributed by atoms with Crippen LogP contribution in [-0.2, 0) is 0 Å². The SMILES string of the molecule is CNC1CCCCC1CN1CCC(C)(C)CC1. The minimum atomic E-state index is 0.589. The molecule has 2 unspecified atom stereocenters. The van der Waals surface area contributed by atoms with Crippen molar-refractivity contribution in [1.29, 1.82) is 0 Å². The zero-order valence-corrected chi connectivity index (χ0v) is 12.0. The van der Waals surface area contributed by atoms with Gasteiger partial charge in [-0.2, -0.15) is 0 Å². The van der Waals surface area contributed by atoms with Gasteiger partial charge in [-0.15, -0.1) is 0 Å². The summed E-state index contributed by atoms with van der Waals surface area (Å²) in [4.78, 5) is 2.71. The molecule has 0 amide bonds. The molecule has 0 aromatic heterocycles. The predicted octanol–water partition coefficient (Wildman–Crippen LogP) is 2.89. The summed E-state index contributed by atoms with van der Waals surface area (Å²) in [6, 6.07) is 0.777. The van der Waals surface area contributed by atoms with Crippen LogP contribution in [0.3, 0.4) is 0 Å². The molecule has 100 valence electrons. The van der Waals surface area contributed by atoms with E-state index in [1.54, 1.807) is 0 Å². The number of nitrogens with zero attached hydrogens (tertiary/aromatic N) is 1. The van der Waals surface area contributed by atoms with Crippen molar-refractivity contribution in [3.63, 3.8) is 0 Å². The van der Waals surface area contributed by atoms with Gasteiger partial charge in [0.1, 0.15) is 0 Å². The number of nitrogens with one attached hydrogen (secondary N) is 1. The fraction of sp³-hybridized carbons (Fsp3) is 1.00. The van der Waals surface area contributed by atoms with E-state index in [0.29, 0.717) is 5.41 Å². The predicted molar refractivity (Wildman–Crippen MR) is 74.3 cm³/mol. The first-order valence-electron chi connectivity index (χ1n) is 7.50. The highest BCUT2D eigenvalue weighted by Gasteiger charge is 2.29. The minimum absolute atomic E-state index is 0.589. The summed E-state index contributed by atoms with van der Waals surface area (Å²) in [5, 5.41) is 3.53. The molecule has 2 aliphatic rings. The lowest BCUT2D eigenvalue weighted by Gasteiger charge is -2.41. The van der Waals surface area contributed by atoms with Gasteiger partial charge in [0.2, 0.25) is 0 Å². The van der Waals surface area contributed by atoms with Crippen LogP contribution in [0.1, 0.15) is 52.4 Å². The summed E-state index contributed by atoms with van der Waals surface area (Å²) < 4.78 is 0. The zero-order valence-electron chi connectivity index (χ0n) is 12.0. The first-order valence-corrected chi connectivity index (χ1v) is 7.50. The van der Waals surface area contributed by atoms with Gasteiger partial charge in [-0.25, -0.2) is 0 Å². The van der Waals surface area contributed by atoms with E-state index in [0.717, 1.165) is 12.0 Å². The molecule has 2 rings (SSSR count). The van der Waals surface area contributed by atoms with E-state index < -0.39 is 0 Å². The minimum Gasteiger partial charge on any atom is -0.317 e. The lowest BCUT2D eigenvalue weighted by atomic mass is 9.80. The molecule has 2 atom stereocenters. The van der Waals surface area contributed by atoms with E-state index >= 15 is 0 Å². The van der Waals surface area contributed by atoms with Gasteiger partial charge in [0.05, 0.1) is 0 Å². The van der Waals surface area contributed by atoms with Crippen LogP contribution in [0.25, 0.3) is 0 Å². The molecule has 17 heavy (non-hydrogen) atoms. The molecule has 2 heteroatoms. The van der Waals surface area contributed by atoms with Crippen molar-refractivity contribution in [2.24, 2.45) is 11.3 Å². The first kappa shape index (κ1) is 13.4. The molecule has 1 aliphatic heterocycles. The number of likely N-dealkylation sites (tertiary alicyclic amines) is 1. The Labute approximate surface area is 107 Å². The summed E-state index contributed by atoms with van der Waals surface area (Å²) >= 11 is 0. The number of rotatable bonds is 3. The molecule has 0 radical (unpaired) electrons. The van der Waals surface area contributed by atoms with Crippen molar-refractivity contribution in [3.05, 3.63) is 0 Å². The van der Waals surface area contributed by atoms with Crippen LogP contribution in [0, 0.1) is 11.3 Å². The Bertz CT molecular complexity index is 227. The third kappa shape index (κ3) is 3.69. The molecule has 1 heterocycles. The second-order valence-corrected chi connectivity index (χ2v) is 6.90. The highest BCUT2D eigenvalue weighted by atomic mass is 15.1. The van der Waals surface area contributed by atoms with Crippen LogP contribution in [0.4, 0.5) is 0 Å². The second kappa shape index (κ2) is 5.71. The van der Waals surface area contributed by atoms with Crippen LogP contribution in [0.15, 0.2) is 0 Å². The smallest absolute Gasteiger partial charge is 0.0104 e. The van der Waals surface area contributed by atoms with Gasteiger partial charge in [-0.3, -0.25) is 0 Å². The maximum Gasteiger partial charge on any atom is 0.0104 e. The van der Waals surface area contributed by atoms with E-state index in [1.807, 2.05) is 0 Å². The van der Waals surface area contributed by atoms with Gasteiger partial charge in [0, 0.05) is 12.6 Å². The van der Waals surface area contributed by atoms with E-state index in [2.05, 4.69) is 31.1 Å². The number of piperidine rings is 1. The van der Waals surface area contributed by atoms with Crippen molar-refractivity contribution in [2.45, 2.75) is 58.4 Å². The monoisotopic (exact) mass is 238 g/mol. The molecular weight excluding hydrogens is 208 g/mol. The largest absolute Gasteiger partial charge is 0.317 e. The van der Waals surface area contributed by atoms with E-state index in [-0.39, 0.29) is 0 Å². The highest BCUT2D eigenvalue weighted by molar-refractivity contribution is 4.85. The van der Waals surface area contributed by atoms with Crippen LogP contribution >= 0.6 is 0 Å². The van der Waals surface area contributed by atoms with Gasteiger partial charge in [0.15, 0.2) is 0 Å². The number of hydrogen-bond donors (Lipinski definition) is 1. The lowest BCUT2D eigenvalue weighted by molar-refractivity contribution is 0.0987. The molecule has 0 bridgehead atoms. The summed E-state index contributed by atoms with van der Waals surface area (Å²) in [6.07, 6.45) is 8.46. The Morgan fingerprint density at radius 1 is 1.12 bits per heavy atom. The summed E-state index contributed by atoms with van der Waals surface area (Å²) in [5.74, 6) is 0.898. The van der Waals surface area contributed by atoms with E-state index in [9.17, 15) is 0 Å². The van der Waals surface area contributed by atoms with Crippen LogP contribution in [0.5, 0.6) is 0 Å². The molecule has 0 aromatic carbocycles. The van der Waals surface area contributed by atoms with Gasteiger partial charge in [-0.05, 0) is 57.2 Å². The van der Waals surface area contributed by atoms with Crippen molar-refractivity contribution >= 4 is 0 Å². The van der Waals surface area contributed by atoms with Gasteiger partial charge in [-0.1, -0.05) is 26.7 Å². The van der Waals surface area contributed by atoms with Crippen molar-refractivity contribution in [2.75, 3.05) is 26.7 Å². The Hall–Kier alpha value is -0.0800. The van der Waals surface area contributed by atoms with Crippen LogP contribution in [-0.4, -0.2) is 37.6 Å². The third-order valence-corrected chi connectivity index (χ3v) is 4.98. The zero-order chi connectivity index (χ0) is 12.3. The molecule has 1 N–H and O–H groups in total. The highest BCUT2D eigenvalue weighted by Crippen LogP contribution is 2.31. The maximum atomic E-state index is 3.53. The molecule has 1 aliphatic carbocycles. The fourth-order valence-electron chi connectivity index (χ4n) is 3.48.